The summed E-state index contributed by atoms with van der Waals surface area (Å²) in [6.07, 6.45) is 3.46. The number of amides is 1. The molecule has 80 valence electrons. The maximum atomic E-state index is 12.0. The molecular weight excluding hydrogens is 176 g/mol. The molecule has 1 N–H and O–H groups in total. The van der Waals surface area contributed by atoms with E-state index >= 15 is 0 Å². The van der Waals surface area contributed by atoms with Crippen LogP contribution < -0.4 is 5.32 Å². The first-order chi connectivity index (χ1) is 6.79. The minimum Gasteiger partial charge on any atom is -0.341 e. The molecule has 0 radical (unpaired) electrons. The Labute approximate surface area is 85.8 Å². The van der Waals surface area contributed by atoms with E-state index in [0.29, 0.717) is 17.7 Å². The van der Waals surface area contributed by atoms with E-state index in [2.05, 4.69) is 17.1 Å². The van der Waals surface area contributed by atoms with E-state index in [4.69, 9.17) is 0 Å². The predicted molar refractivity (Wildman–Crippen MR) is 56.0 cm³/mol. The maximum Gasteiger partial charge on any atom is 0.225 e. The summed E-state index contributed by atoms with van der Waals surface area (Å²) in [5.41, 5.74) is 0. The van der Waals surface area contributed by atoms with Crippen LogP contribution in [0.5, 0.6) is 0 Å². The third-order valence-corrected chi connectivity index (χ3v) is 3.59. The molecule has 0 aromatic rings. The fourth-order valence-electron chi connectivity index (χ4n) is 2.33. The fraction of sp³-hybridized carbons (Fsp3) is 0.909. The Bertz CT molecular complexity index is 209. The van der Waals surface area contributed by atoms with Crippen LogP contribution in [0.2, 0.25) is 0 Å². The highest BCUT2D eigenvalue weighted by Crippen LogP contribution is 2.35. The molecule has 2 fully saturated rings. The number of rotatable bonds is 1. The minimum atomic E-state index is 0.341. The van der Waals surface area contributed by atoms with Crippen molar-refractivity contribution < 1.29 is 4.79 Å². The molecule has 1 saturated carbocycles. The van der Waals surface area contributed by atoms with Gasteiger partial charge in [0, 0.05) is 25.6 Å². The summed E-state index contributed by atoms with van der Waals surface area (Å²) in [5, 5.41) is 3.32. The van der Waals surface area contributed by atoms with Crippen molar-refractivity contribution in [3.63, 3.8) is 0 Å². The Morgan fingerprint density at radius 2 is 2.14 bits per heavy atom. The van der Waals surface area contributed by atoms with Crippen molar-refractivity contribution in [2.24, 2.45) is 11.8 Å². The molecule has 3 nitrogen and oxygen atoms in total. The summed E-state index contributed by atoms with van der Waals surface area (Å²) in [5.74, 6) is 1.37. The van der Waals surface area contributed by atoms with Gasteiger partial charge < -0.3 is 10.2 Å². The lowest BCUT2D eigenvalue weighted by molar-refractivity contribution is -0.140. The Morgan fingerprint density at radius 1 is 1.29 bits per heavy atom. The van der Waals surface area contributed by atoms with Crippen LogP contribution in [0, 0.1) is 11.8 Å². The van der Waals surface area contributed by atoms with Gasteiger partial charge in [-0.3, -0.25) is 4.79 Å². The van der Waals surface area contributed by atoms with E-state index in [-0.39, 0.29) is 0 Å². The number of hydrogen-bond donors (Lipinski definition) is 1. The van der Waals surface area contributed by atoms with E-state index in [9.17, 15) is 4.79 Å². The number of nitrogens with zero attached hydrogens (tertiary/aromatic N) is 1. The van der Waals surface area contributed by atoms with Gasteiger partial charge in [0.05, 0.1) is 0 Å². The molecule has 0 aromatic heterocycles. The molecule has 1 aliphatic carbocycles. The van der Waals surface area contributed by atoms with Gasteiger partial charge in [0.1, 0.15) is 0 Å². The van der Waals surface area contributed by atoms with E-state index in [1.54, 1.807) is 0 Å². The number of carbonyl (C=O) groups excluding carboxylic acids is 1. The predicted octanol–water partition coefficient (Wildman–Crippen LogP) is 0.854. The highest BCUT2D eigenvalue weighted by atomic mass is 16.2. The summed E-state index contributed by atoms with van der Waals surface area (Å²) in [6, 6.07) is 0. The molecule has 0 unspecified atom stereocenters. The van der Waals surface area contributed by atoms with E-state index in [1.807, 2.05) is 0 Å². The lowest BCUT2D eigenvalue weighted by Gasteiger charge is -2.36. The monoisotopic (exact) mass is 196 g/mol. The Balaban J connectivity index is 1.89. The quantitative estimate of drug-likeness (QED) is 0.674. The highest BCUT2D eigenvalue weighted by Gasteiger charge is 2.35. The van der Waals surface area contributed by atoms with Gasteiger partial charge in [-0.1, -0.05) is 6.92 Å². The van der Waals surface area contributed by atoms with Crippen LogP contribution in [-0.2, 0) is 4.79 Å². The van der Waals surface area contributed by atoms with Crippen molar-refractivity contribution in [2.75, 3.05) is 26.2 Å². The zero-order chi connectivity index (χ0) is 9.97. The summed E-state index contributed by atoms with van der Waals surface area (Å²) in [6.45, 7) is 6.08. The zero-order valence-electron chi connectivity index (χ0n) is 8.96. The minimum absolute atomic E-state index is 0.341. The van der Waals surface area contributed by atoms with Gasteiger partial charge in [0.2, 0.25) is 5.91 Å². The molecule has 2 rings (SSSR count). The van der Waals surface area contributed by atoms with Crippen LogP contribution >= 0.6 is 0 Å². The Hall–Kier alpha value is -0.570. The molecule has 0 spiro atoms. The van der Waals surface area contributed by atoms with Crippen LogP contribution in [0.4, 0.5) is 0 Å². The number of nitrogens with one attached hydrogen (secondary N) is 1. The zero-order valence-corrected chi connectivity index (χ0v) is 8.96. The van der Waals surface area contributed by atoms with Crippen molar-refractivity contribution in [1.29, 1.82) is 0 Å². The molecular formula is C11H20N2O. The summed E-state index contributed by atoms with van der Waals surface area (Å²) in [7, 11) is 0. The number of carbonyl (C=O) groups is 1. The van der Waals surface area contributed by atoms with Gasteiger partial charge in [-0.15, -0.1) is 0 Å². The summed E-state index contributed by atoms with van der Waals surface area (Å²) < 4.78 is 0. The lowest BCUT2D eigenvalue weighted by Crippen LogP contribution is -2.44. The number of hydrogen-bond acceptors (Lipinski definition) is 2. The summed E-state index contributed by atoms with van der Waals surface area (Å²) in [4.78, 5) is 14.1. The van der Waals surface area contributed by atoms with Gasteiger partial charge >= 0.3 is 0 Å². The van der Waals surface area contributed by atoms with Gasteiger partial charge in [-0.25, -0.2) is 0 Å². The van der Waals surface area contributed by atoms with Gasteiger partial charge in [-0.2, -0.15) is 0 Å². The first kappa shape index (κ1) is 9.97. The third kappa shape index (κ3) is 1.92. The molecule has 1 heterocycles. The van der Waals surface area contributed by atoms with Crippen molar-refractivity contribution >= 4 is 5.91 Å². The molecule has 2 aliphatic rings. The second-order valence-corrected chi connectivity index (χ2v) is 4.59. The molecule has 1 amide bonds. The summed E-state index contributed by atoms with van der Waals surface area (Å²) >= 11 is 0. The SMILES string of the molecule is C[C@H]1CC[C@@H]1C(=O)N1CCCNCC1. The molecule has 1 saturated heterocycles. The van der Waals surface area contributed by atoms with Crippen molar-refractivity contribution in [3.05, 3.63) is 0 Å². The van der Waals surface area contributed by atoms with Gasteiger partial charge in [-0.05, 0) is 31.7 Å². The van der Waals surface area contributed by atoms with E-state index in [1.165, 1.54) is 6.42 Å². The second-order valence-electron chi connectivity index (χ2n) is 4.59. The van der Waals surface area contributed by atoms with Crippen molar-refractivity contribution in [2.45, 2.75) is 26.2 Å². The van der Waals surface area contributed by atoms with E-state index in [0.717, 1.165) is 39.0 Å². The first-order valence-electron chi connectivity index (χ1n) is 5.78. The van der Waals surface area contributed by atoms with Crippen LogP contribution in [0.15, 0.2) is 0 Å². The topological polar surface area (TPSA) is 32.3 Å². The van der Waals surface area contributed by atoms with Crippen LogP contribution in [0.3, 0.4) is 0 Å². The molecule has 2 atom stereocenters. The maximum absolute atomic E-state index is 12.0. The molecule has 14 heavy (non-hydrogen) atoms. The average Bonchev–Trinajstić information content (AvgIpc) is 2.43. The average molecular weight is 196 g/mol. The molecule has 0 aromatic carbocycles. The van der Waals surface area contributed by atoms with E-state index < -0.39 is 0 Å². The van der Waals surface area contributed by atoms with Crippen molar-refractivity contribution in [3.8, 4) is 0 Å². The molecule has 1 aliphatic heterocycles. The van der Waals surface area contributed by atoms with Gasteiger partial charge in [0.15, 0.2) is 0 Å². The fourth-order valence-corrected chi connectivity index (χ4v) is 2.33. The first-order valence-corrected chi connectivity index (χ1v) is 5.78. The second kappa shape index (κ2) is 4.30. The van der Waals surface area contributed by atoms with Gasteiger partial charge in [0.25, 0.3) is 0 Å². The lowest BCUT2D eigenvalue weighted by atomic mass is 9.74. The Kier molecular flexibility index (Phi) is 3.06. The third-order valence-electron chi connectivity index (χ3n) is 3.59. The van der Waals surface area contributed by atoms with Crippen molar-refractivity contribution in [1.82, 2.24) is 10.2 Å². The molecule has 0 bridgehead atoms. The van der Waals surface area contributed by atoms with Crippen LogP contribution in [0.25, 0.3) is 0 Å². The Morgan fingerprint density at radius 3 is 2.79 bits per heavy atom. The normalized spacial score (nSPS) is 33.4. The van der Waals surface area contributed by atoms with Crippen LogP contribution in [-0.4, -0.2) is 37.0 Å². The highest BCUT2D eigenvalue weighted by molar-refractivity contribution is 5.80. The smallest absolute Gasteiger partial charge is 0.225 e. The molecule has 3 heteroatoms. The standard InChI is InChI=1S/C11H20N2O/c1-9-3-4-10(9)11(14)13-7-2-5-12-6-8-13/h9-10,12H,2-8H2,1H3/t9-,10-/m0/s1. The van der Waals surface area contributed by atoms with Crippen LogP contribution in [0.1, 0.15) is 26.2 Å². The largest absolute Gasteiger partial charge is 0.341 e.